The predicted molar refractivity (Wildman–Crippen MR) is 250 cm³/mol. The van der Waals surface area contributed by atoms with Crippen molar-refractivity contribution >= 4 is 45.9 Å². The number of para-hydroxylation sites is 1. The monoisotopic (exact) mass is 901 g/mol. The number of benzene rings is 3. The summed E-state index contributed by atoms with van der Waals surface area (Å²) in [5.74, 6) is -1.65. The second-order valence-electron chi connectivity index (χ2n) is 19.9. The van der Waals surface area contributed by atoms with Crippen LogP contribution in [0.2, 0.25) is 0 Å². The highest BCUT2D eigenvalue weighted by Crippen LogP contribution is 2.68. The quantitative estimate of drug-likeness (QED) is 0.0915. The third-order valence-electron chi connectivity index (χ3n) is 16.8. The molecule has 5 aliphatic heterocycles. The zero-order chi connectivity index (χ0) is 46.6. The topological polar surface area (TPSA) is 166 Å². The number of anilines is 3. The highest BCUT2D eigenvalue weighted by molar-refractivity contribution is 5.96. The van der Waals surface area contributed by atoms with Crippen LogP contribution in [0.3, 0.4) is 0 Å². The predicted octanol–water partition coefficient (Wildman–Crippen LogP) is 5.73. The largest absolute Gasteiger partial charge is 0.496 e. The van der Waals surface area contributed by atoms with Crippen molar-refractivity contribution in [2.45, 2.75) is 99.5 Å². The normalized spacial score (nSPS) is 34.2. The average Bonchev–Trinajstić information content (AvgIpc) is 3.98. The van der Waals surface area contributed by atoms with Crippen LogP contribution in [0.5, 0.6) is 5.75 Å². The molecule has 66 heavy (non-hydrogen) atoms. The first-order valence-electron chi connectivity index (χ1n) is 23.5. The zero-order valence-electron chi connectivity index (χ0n) is 39.1. The molecule has 2 bridgehead atoms. The molecule has 6 aliphatic rings. The molecule has 350 valence electrons. The number of H-pyrrole nitrogens is 1. The number of carbonyl (C=O) groups excluding carboxylic acids is 3. The number of aromatic amines is 1. The number of fused-ring (bicyclic) bond motifs is 6. The molecule has 6 heterocycles. The molecule has 3 aromatic carbocycles. The Labute approximate surface area is 386 Å². The van der Waals surface area contributed by atoms with E-state index >= 15 is 4.79 Å². The van der Waals surface area contributed by atoms with E-state index < -0.39 is 57.5 Å². The maximum Gasteiger partial charge on any atom is 0.344 e. The molecule has 4 N–H and O–H groups in total. The molecule has 4 aromatic rings. The molecule has 1 spiro atoms. The third kappa shape index (κ3) is 6.09. The third-order valence-corrected chi connectivity index (χ3v) is 16.8. The summed E-state index contributed by atoms with van der Waals surface area (Å²) in [6, 6.07) is 19.0. The maximum absolute atomic E-state index is 15.6. The zero-order valence-corrected chi connectivity index (χ0v) is 39.1. The summed E-state index contributed by atoms with van der Waals surface area (Å²) in [7, 11) is 6.16. The second kappa shape index (κ2) is 15.9. The Balaban J connectivity index is 1.26. The van der Waals surface area contributed by atoms with Gasteiger partial charge in [-0.15, -0.1) is 0 Å². The van der Waals surface area contributed by atoms with Crippen LogP contribution in [0.15, 0.2) is 72.8 Å². The Hall–Kier alpha value is -5.41. The van der Waals surface area contributed by atoms with Crippen LogP contribution >= 0.6 is 0 Å². The minimum Gasteiger partial charge on any atom is -0.496 e. The van der Waals surface area contributed by atoms with Crippen molar-refractivity contribution in [3.05, 3.63) is 95.2 Å². The van der Waals surface area contributed by atoms with Gasteiger partial charge in [-0.2, -0.15) is 0 Å². The van der Waals surface area contributed by atoms with E-state index in [0.29, 0.717) is 82.6 Å². The molecule has 2 unspecified atom stereocenters. The first kappa shape index (κ1) is 44.4. The number of piperidine rings is 1. The van der Waals surface area contributed by atoms with Gasteiger partial charge in [-0.3, -0.25) is 19.4 Å². The van der Waals surface area contributed by atoms with Gasteiger partial charge < -0.3 is 44.4 Å². The number of esters is 3. The van der Waals surface area contributed by atoms with Crippen molar-refractivity contribution in [3.8, 4) is 5.75 Å². The number of hydrogen-bond donors (Lipinski definition) is 4. The fraction of sp³-hybridized carbons (Fsp3) is 0.519. The number of nitrogens with one attached hydrogen (secondary N) is 2. The van der Waals surface area contributed by atoms with Crippen LogP contribution in [0.1, 0.15) is 75.3 Å². The van der Waals surface area contributed by atoms with Gasteiger partial charge in [-0.05, 0) is 98.5 Å². The fourth-order valence-electron chi connectivity index (χ4n) is 14.3. The van der Waals surface area contributed by atoms with Gasteiger partial charge >= 0.3 is 17.9 Å². The van der Waals surface area contributed by atoms with E-state index in [1.807, 2.05) is 68.3 Å². The summed E-state index contributed by atoms with van der Waals surface area (Å²) >= 11 is 0. The van der Waals surface area contributed by atoms with Gasteiger partial charge in [0, 0.05) is 102 Å². The number of hydrogen-bond acceptors (Lipinski definition) is 13. The van der Waals surface area contributed by atoms with Gasteiger partial charge in [0.1, 0.15) is 11.2 Å². The summed E-state index contributed by atoms with van der Waals surface area (Å²) in [6.07, 6.45) is 5.77. The van der Waals surface area contributed by atoms with Gasteiger partial charge in [0.2, 0.25) is 5.60 Å². The van der Waals surface area contributed by atoms with Crippen molar-refractivity contribution in [1.82, 2.24) is 14.8 Å². The lowest BCUT2D eigenvalue weighted by molar-refractivity contribution is -0.228. The molecule has 14 heteroatoms. The Bertz CT molecular complexity index is 2630. The number of methoxy groups -OCH3 is 3. The summed E-state index contributed by atoms with van der Waals surface area (Å²) in [4.78, 5) is 53.7. The molecule has 0 amide bonds. The molecular formula is C52H63N5O9. The van der Waals surface area contributed by atoms with Gasteiger partial charge in [0.05, 0.1) is 33.0 Å². The van der Waals surface area contributed by atoms with E-state index in [2.05, 4.69) is 50.5 Å². The van der Waals surface area contributed by atoms with Crippen LogP contribution in [-0.2, 0) is 45.8 Å². The molecule has 2 saturated heterocycles. The first-order valence-corrected chi connectivity index (χ1v) is 23.5. The van der Waals surface area contributed by atoms with Crippen LogP contribution < -0.4 is 15.0 Å². The van der Waals surface area contributed by atoms with Crippen LogP contribution in [0.4, 0.5) is 17.1 Å². The van der Waals surface area contributed by atoms with Gasteiger partial charge in [0.25, 0.3) is 0 Å². The molecule has 3 fully saturated rings. The number of likely N-dealkylation sites (N-methyl/N-ethyl adjacent to an activating group) is 1. The van der Waals surface area contributed by atoms with Crippen LogP contribution in [0.25, 0.3) is 10.9 Å². The average molecular weight is 902 g/mol. The SMILES string of the molecule is CC[C@]1(O)C[C@H]2CN(CCc3c([nH]c4ccc(Nc5ccccc5)cc34)[C@@](C(=O)OC)(c3cc4c(cc3OC)N(C)C3[C@]45CCN4CC=C[C@@](CC)([C@@H](OC(C)=O)[C@]3(O)C(=O)OC)[C@H]45)C2)C1. The molecule has 10 atom stereocenters. The lowest BCUT2D eigenvalue weighted by Crippen LogP contribution is -2.81. The number of rotatable bonds is 9. The van der Waals surface area contributed by atoms with E-state index in [4.69, 9.17) is 18.9 Å². The Morgan fingerprint density at radius 3 is 2.36 bits per heavy atom. The highest BCUT2D eigenvalue weighted by atomic mass is 16.6. The summed E-state index contributed by atoms with van der Waals surface area (Å²) in [5.41, 5.74) is -0.107. The van der Waals surface area contributed by atoms with Crippen LogP contribution in [-0.4, -0.2) is 133 Å². The van der Waals surface area contributed by atoms with Crippen molar-refractivity contribution in [2.24, 2.45) is 11.3 Å². The molecule has 0 radical (unpaired) electrons. The standard InChI is InChI=1S/C52H63N5O9/c1-8-48(61)27-32-28-51(46(59)64-6,42-35(18-22-56(29-32)30-48)36-24-34(16-17-39(36)54-42)53-33-14-11-10-12-15-33)38-25-37-40(26-41(38)63-5)55(4)44-50(37)20-23-57-21-13-19-49(9-2,43(50)57)45(66-31(3)58)52(44,62)47(60)65-7/h10-17,19,24-26,32,43-45,53-54,61-62H,8-9,18,20-23,27-30H2,1-7H3/t32-,43+,44?,45-,48+,49-,50-,51+,52+/m1/s1. The number of carbonyl (C=O) groups is 3. The first-order chi connectivity index (χ1) is 31.7. The number of ether oxygens (including phenoxy) is 4. The second-order valence-corrected chi connectivity index (χ2v) is 19.9. The van der Waals surface area contributed by atoms with E-state index in [1.54, 1.807) is 7.11 Å². The lowest BCUT2D eigenvalue weighted by Gasteiger charge is -2.63. The van der Waals surface area contributed by atoms with Gasteiger partial charge in [-0.1, -0.05) is 44.2 Å². The summed E-state index contributed by atoms with van der Waals surface area (Å²) in [6.45, 7) is 8.51. The molecule has 14 nitrogen and oxygen atoms in total. The van der Waals surface area contributed by atoms with E-state index in [1.165, 1.54) is 21.1 Å². The number of aromatic nitrogens is 1. The molecule has 1 aromatic heterocycles. The minimum atomic E-state index is -2.32. The summed E-state index contributed by atoms with van der Waals surface area (Å²) < 4.78 is 24.2. The molecular weight excluding hydrogens is 839 g/mol. The van der Waals surface area contributed by atoms with E-state index in [-0.39, 0.29) is 12.0 Å². The summed E-state index contributed by atoms with van der Waals surface area (Å²) in [5, 5.41) is 30.1. The van der Waals surface area contributed by atoms with Crippen LogP contribution in [0, 0.1) is 11.3 Å². The lowest BCUT2D eigenvalue weighted by atomic mass is 9.47. The smallest absolute Gasteiger partial charge is 0.344 e. The Kier molecular flexibility index (Phi) is 10.7. The van der Waals surface area contributed by atoms with Gasteiger partial charge in [-0.25, -0.2) is 4.79 Å². The molecule has 1 aliphatic carbocycles. The fourth-order valence-corrected chi connectivity index (χ4v) is 14.3. The van der Waals surface area contributed by atoms with Crippen molar-refractivity contribution in [1.29, 1.82) is 0 Å². The van der Waals surface area contributed by atoms with E-state index in [9.17, 15) is 19.8 Å². The number of nitrogens with zero attached hydrogens (tertiary/aromatic N) is 3. The molecule has 1 saturated carbocycles. The van der Waals surface area contributed by atoms with Crippen molar-refractivity contribution in [3.63, 3.8) is 0 Å². The van der Waals surface area contributed by atoms with Crippen molar-refractivity contribution < 1.29 is 43.5 Å². The Morgan fingerprint density at radius 2 is 1.67 bits per heavy atom. The minimum absolute atomic E-state index is 0.135. The maximum atomic E-state index is 15.6. The van der Waals surface area contributed by atoms with E-state index in [0.717, 1.165) is 44.8 Å². The van der Waals surface area contributed by atoms with Gasteiger partial charge in [0.15, 0.2) is 6.10 Å². The molecule has 10 rings (SSSR count). The Morgan fingerprint density at radius 1 is 0.894 bits per heavy atom. The van der Waals surface area contributed by atoms with Crippen molar-refractivity contribution in [2.75, 3.05) is 71.3 Å². The number of aliphatic hydroxyl groups is 2. The highest BCUT2D eigenvalue weighted by Gasteiger charge is 2.80.